The van der Waals surface area contributed by atoms with Crippen molar-refractivity contribution in [2.24, 2.45) is 0 Å². The molecule has 1 aromatic carbocycles. The van der Waals surface area contributed by atoms with Crippen molar-refractivity contribution in [1.82, 2.24) is 20.2 Å². The highest BCUT2D eigenvalue weighted by atomic mass is 79.9. The number of halogens is 1. The summed E-state index contributed by atoms with van der Waals surface area (Å²) in [6, 6.07) is 11.0. The number of pyridine rings is 1. The minimum absolute atomic E-state index is 0.327. The number of carbonyl (C=O) groups excluding carboxylic acids is 1. The molecule has 1 N–H and O–H groups in total. The van der Waals surface area contributed by atoms with Crippen LogP contribution in [0.3, 0.4) is 0 Å². The first-order chi connectivity index (χ1) is 14.1. The van der Waals surface area contributed by atoms with Crippen LogP contribution in [0.15, 0.2) is 53.3 Å². The molecule has 0 unspecified atom stereocenters. The number of aromatic amines is 1. The summed E-state index contributed by atoms with van der Waals surface area (Å²) < 4.78 is 11.3. The van der Waals surface area contributed by atoms with Crippen molar-refractivity contribution in [3.05, 3.63) is 58.8 Å². The van der Waals surface area contributed by atoms with E-state index in [2.05, 4.69) is 36.1 Å². The topological polar surface area (TPSA) is 90.0 Å². The number of H-pyrrole nitrogens is 1. The fraction of sp³-hybridized carbons (Fsp3) is 0.143. The Hall–Kier alpha value is -3.26. The van der Waals surface area contributed by atoms with Crippen LogP contribution in [0.1, 0.15) is 17.3 Å². The van der Waals surface area contributed by atoms with Gasteiger partial charge < -0.3 is 14.5 Å². The van der Waals surface area contributed by atoms with Gasteiger partial charge in [-0.2, -0.15) is 0 Å². The molecule has 0 saturated carbocycles. The Kier molecular flexibility index (Phi) is 5.26. The van der Waals surface area contributed by atoms with Gasteiger partial charge in [0.15, 0.2) is 0 Å². The van der Waals surface area contributed by atoms with Crippen LogP contribution < -0.4 is 4.74 Å². The van der Waals surface area contributed by atoms with Gasteiger partial charge in [-0.05, 0) is 59.3 Å². The van der Waals surface area contributed by atoms with Gasteiger partial charge >= 0.3 is 5.97 Å². The first-order valence-electron chi connectivity index (χ1n) is 8.93. The Labute approximate surface area is 175 Å². The molecule has 0 aliphatic heterocycles. The van der Waals surface area contributed by atoms with Crippen molar-refractivity contribution in [2.45, 2.75) is 6.92 Å². The summed E-state index contributed by atoms with van der Waals surface area (Å²) in [6.45, 7) is 2.11. The summed E-state index contributed by atoms with van der Waals surface area (Å²) in [5.41, 5.74) is 4.47. The number of ether oxygens (including phenoxy) is 2. The summed E-state index contributed by atoms with van der Waals surface area (Å²) >= 11 is 3.66. The van der Waals surface area contributed by atoms with Crippen LogP contribution in [0.2, 0.25) is 0 Å². The van der Waals surface area contributed by atoms with E-state index in [1.54, 1.807) is 38.6 Å². The second-order valence-corrected chi connectivity index (χ2v) is 6.98. The van der Waals surface area contributed by atoms with E-state index in [0.29, 0.717) is 23.7 Å². The first-order valence-corrected chi connectivity index (χ1v) is 9.72. The molecule has 0 saturated heterocycles. The van der Waals surface area contributed by atoms with Crippen molar-refractivity contribution >= 4 is 32.8 Å². The maximum atomic E-state index is 12.1. The molecule has 146 valence electrons. The fourth-order valence-corrected chi connectivity index (χ4v) is 3.70. The molecule has 0 amide bonds. The number of fused-ring (bicyclic) bond motifs is 1. The van der Waals surface area contributed by atoms with Crippen LogP contribution in [0.4, 0.5) is 0 Å². The SMILES string of the molecule is CCOC(=O)c1ccc2[nH]c(-c3cc(-c4ccncc4)nnc3OC)c(Br)c2c1. The second kappa shape index (κ2) is 8.00. The number of hydrogen-bond acceptors (Lipinski definition) is 6. The molecule has 0 atom stereocenters. The number of hydrogen-bond donors (Lipinski definition) is 1. The van der Waals surface area contributed by atoms with Gasteiger partial charge in [-0.1, -0.05) is 0 Å². The molecule has 3 heterocycles. The van der Waals surface area contributed by atoms with Gasteiger partial charge in [-0.25, -0.2) is 4.79 Å². The van der Waals surface area contributed by atoms with Gasteiger partial charge in [0.1, 0.15) is 0 Å². The molecular weight excluding hydrogens is 436 g/mol. The molecule has 0 aliphatic carbocycles. The molecule has 0 radical (unpaired) electrons. The largest absolute Gasteiger partial charge is 0.479 e. The Bertz CT molecular complexity index is 1190. The Morgan fingerprint density at radius 3 is 2.66 bits per heavy atom. The van der Waals surface area contributed by atoms with E-state index in [-0.39, 0.29) is 5.97 Å². The third-order valence-electron chi connectivity index (χ3n) is 4.45. The molecule has 4 aromatic rings. The van der Waals surface area contributed by atoms with Crippen LogP contribution in [0, 0.1) is 0 Å². The third-order valence-corrected chi connectivity index (χ3v) is 5.27. The zero-order chi connectivity index (χ0) is 20.4. The predicted octanol–water partition coefficient (Wildman–Crippen LogP) is 4.63. The van der Waals surface area contributed by atoms with Crippen molar-refractivity contribution in [3.63, 3.8) is 0 Å². The number of esters is 1. The van der Waals surface area contributed by atoms with Crippen LogP contribution in [0.5, 0.6) is 5.88 Å². The third kappa shape index (κ3) is 3.58. The standard InChI is InChI=1S/C21H17BrN4O3/c1-3-29-21(27)13-4-5-16-14(10-13)18(22)19(24-16)15-11-17(25-26-20(15)28-2)12-6-8-23-9-7-12/h4-11,24H,3H2,1-2H3. The van der Waals surface area contributed by atoms with E-state index in [4.69, 9.17) is 9.47 Å². The number of rotatable bonds is 5. The van der Waals surface area contributed by atoms with E-state index < -0.39 is 0 Å². The minimum atomic E-state index is -0.354. The molecule has 0 fully saturated rings. The fourth-order valence-electron chi connectivity index (χ4n) is 3.06. The molecule has 8 heteroatoms. The number of carbonyl (C=O) groups is 1. The summed E-state index contributed by atoms with van der Waals surface area (Å²) in [5.74, 6) is 0.0351. The van der Waals surface area contributed by atoms with Crippen LogP contribution >= 0.6 is 15.9 Å². The molecule has 0 spiro atoms. The molecular formula is C21H17BrN4O3. The van der Waals surface area contributed by atoms with E-state index in [1.807, 2.05) is 24.3 Å². The average Bonchev–Trinajstić information content (AvgIpc) is 3.10. The lowest BCUT2D eigenvalue weighted by atomic mass is 10.1. The highest BCUT2D eigenvalue weighted by molar-refractivity contribution is 9.10. The van der Waals surface area contributed by atoms with Gasteiger partial charge in [-0.3, -0.25) is 4.98 Å². The molecule has 3 aromatic heterocycles. The second-order valence-electron chi connectivity index (χ2n) is 6.18. The van der Waals surface area contributed by atoms with Gasteiger partial charge in [0, 0.05) is 28.9 Å². The molecule has 0 aliphatic rings. The predicted molar refractivity (Wildman–Crippen MR) is 113 cm³/mol. The van der Waals surface area contributed by atoms with E-state index in [1.165, 1.54) is 0 Å². The maximum absolute atomic E-state index is 12.1. The van der Waals surface area contributed by atoms with Crippen molar-refractivity contribution < 1.29 is 14.3 Å². The summed E-state index contributed by atoms with van der Waals surface area (Å²) in [4.78, 5) is 19.5. The summed E-state index contributed by atoms with van der Waals surface area (Å²) in [6.07, 6.45) is 3.41. The van der Waals surface area contributed by atoms with E-state index in [0.717, 1.165) is 32.2 Å². The quantitative estimate of drug-likeness (QED) is 0.443. The number of aromatic nitrogens is 4. The lowest BCUT2D eigenvalue weighted by Crippen LogP contribution is -2.03. The Morgan fingerprint density at radius 2 is 1.93 bits per heavy atom. The highest BCUT2D eigenvalue weighted by Gasteiger charge is 2.19. The van der Waals surface area contributed by atoms with Crippen molar-refractivity contribution in [3.8, 4) is 28.4 Å². The molecule has 0 bridgehead atoms. The zero-order valence-corrected chi connectivity index (χ0v) is 17.4. The van der Waals surface area contributed by atoms with Crippen molar-refractivity contribution in [1.29, 1.82) is 0 Å². The zero-order valence-electron chi connectivity index (χ0n) is 15.8. The monoisotopic (exact) mass is 452 g/mol. The minimum Gasteiger partial charge on any atom is -0.479 e. The van der Waals surface area contributed by atoms with Crippen LogP contribution in [0.25, 0.3) is 33.4 Å². The average molecular weight is 453 g/mol. The Morgan fingerprint density at radius 1 is 1.14 bits per heavy atom. The maximum Gasteiger partial charge on any atom is 0.338 e. The lowest BCUT2D eigenvalue weighted by Gasteiger charge is -2.08. The lowest BCUT2D eigenvalue weighted by molar-refractivity contribution is 0.0526. The number of nitrogens with zero attached hydrogens (tertiary/aromatic N) is 3. The highest BCUT2D eigenvalue weighted by Crippen LogP contribution is 2.39. The van der Waals surface area contributed by atoms with Gasteiger partial charge in [0.25, 0.3) is 0 Å². The van der Waals surface area contributed by atoms with Crippen LogP contribution in [-0.4, -0.2) is 39.9 Å². The van der Waals surface area contributed by atoms with Crippen molar-refractivity contribution in [2.75, 3.05) is 13.7 Å². The first kappa shape index (κ1) is 19.1. The normalized spacial score (nSPS) is 10.9. The van der Waals surface area contributed by atoms with E-state index >= 15 is 0 Å². The molecule has 7 nitrogen and oxygen atoms in total. The number of nitrogens with one attached hydrogen (secondary N) is 1. The molecule has 4 rings (SSSR count). The summed E-state index contributed by atoms with van der Waals surface area (Å²) in [5, 5.41) is 9.33. The Balaban J connectivity index is 1.85. The van der Waals surface area contributed by atoms with Gasteiger partial charge in [0.2, 0.25) is 5.88 Å². The summed E-state index contributed by atoms with van der Waals surface area (Å²) in [7, 11) is 1.55. The number of methoxy groups -OCH3 is 1. The van der Waals surface area contributed by atoms with Gasteiger partial charge in [0.05, 0.1) is 40.7 Å². The molecule has 29 heavy (non-hydrogen) atoms. The smallest absolute Gasteiger partial charge is 0.338 e. The van der Waals surface area contributed by atoms with Crippen LogP contribution in [-0.2, 0) is 4.74 Å². The van der Waals surface area contributed by atoms with Gasteiger partial charge in [-0.15, -0.1) is 10.2 Å². The van der Waals surface area contributed by atoms with E-state index in [9.17, 15) is 4.79 Å². The number of benzene rings is 1.